The van der Waals surface area contributed by atoms with Crippen LogP contribution in [0.1, 0.15) is 31.9 Å². The van der Waals surface area contributed by atoms with Gasteiger partial charge in [0.1, 0.15) is 11.8 Å². The van der Waals surface area contributed by atoms with Crippen LogP contribution in [0, 0.1) is 11.3 Å². The summed E-state index contributed by atoms with van der Waals surface area (Å²) in [5, 5.41) is 18.7. The van der Waals surface area contributed by atoms with E-state index < -0.39 is 5.60 Å². The second-order valence-corrected chi connectivity index (χ2v) is 4.85. The molecule has 0 aromatic carbocycles. The van der Waals surface area contributed by atoms with Gasteiger partial charge in [-0.05, 0) is 38.3 Å². The Morgan fingerprint density at radius 1 is 1.41 bits per heavy atom. The highest BCUT2D eigenvalue weighted by atomic mass is 16.3. The number of rotatable bonds is 1. The fraction of sp³-hybridized carbons (Fsp3) is 0.538. The average Bonchev–Trinajstić information content (AvgIpc) is 2.50. The van der Waals surface area contributed by atoms with Crippen LogP contribution >= 0.6 is 0 Å². The molecule has 1 saturated heterocycles. The van der Waals surface area contributed by atoms with Gasteiger partial charge in [-0.1, -0.05) is 0 Å². The molecule has 0 spiro atoms. The molecule has 1 fully saturated rings. The molecule has 0 saturated carbocycles. The Balaban J connectivity index is 2.09. The highest BCUT2D eigenvalue weighted by Gasteiger charge is 2.24. The van der Waals surface area contributed by atoms with Crippen LogP contribution in [0.25, 0.3) is 0 Å². The monoisotopic (exact) mass is 231 g/mol. The minimum absolute atomic E-state index is 0.440. The van der Waals surface area contributed by atoms with Crippen LogP contribution in [0.15, 0.2) is 18.3 Å². The molecule has 2 rings (SSSR count). The molecule has 1 atom stereocenters. The topological polar surface area (TPSA) is 60.1 Å². The summed E-state index contributed by atoms with van der Waals surface area (Å²) in [6.45, 7) is 3.66. The van der Waals surface area contributed by atoms with Gasteiger partial charge >= 0.3 is 0 Å². The van der Waals surface area contributed by atoms with Gasteiger partial charge in [0.25, 0.3) is 0 Å². The van der Waals surface area contributed by atoms with Crippen molar-refractivity contribution >= 4 is 5.69 Å². The first kappa shape index (κ1) is 11.9. The van der Waals surface area contributed by atoms with Crippen LogP contribution < -0.4 is 4.90 Å². The van der Waals surface area contributed by atoms with E-state index in [1.54, 1.807) is 12.3 Å². The zero-order valence-corrected chi connectivity index (χ0v) is 10.1. The minimum Gasteiger partial charge on any atom is -0.390 e. The Bertz CT molecular complexity index is 419. The van der Waals surface area contributed by atoms with Crippen LogP contribution in [0.4, 0.5) is 5.69 Å². The summed E-state index contributed by atoms with van der Waals surface area (Å²) >= 11 is 0. The summed E-state index contributed by atoms with van der Waals surface area (Å²) in [4.78, 5) is 6.29. The molecule has 1 aromatic heterocycles. The number of anilines is 1. The number of aliphatic hydroxyl groups is 1. The van der Waals surface area contributed by atoms with Crippen molar-refractivity contribution in [1.82, 2.24) is 4.98 Å². The van der Waals surface area contributed by atoms with Crippen LogP contribution in [0.5, 0.6) is 0 Å². The highest BCUT2D eigenvalue weighted by molar-refractivity contribution is 5.46. The number of nitrogens with zero attached hydrogens (tertiary/aromatic N) is 3. The van der Waals surface area contributed by atoms with Gasteiger partial charge in [0.15, 0.2) is 0 Å². The molecule has 1 aromatic rings. The van der Waals surface area contributed by atoms with Crippen molar-refractivity contribution in [3.63, 3.8) is 0 Å². The molecule has 1 unspecified atom stereocenters. The molecule has 4 nitrogen and oxygen atoms in total. The number of hydrogen-bond acceptors (Lipinski definition) is 4. The fourth-order valence-electron chi connectivity index (χ4n) is 2.16. The maximum atomic E-state index is 10.0. The van der Waals surface area contributed by atoms with E-state index in [4.69, 9.17) is 5.26 Å². The first-order chi connectivity index (χ1) is 8.11. The quantitative estimate of drug-likeness (QED) is 0.799. The van der Waals surface area contributed by atoms with E-state index >= 15 is 0 Å². The van der Waals surface area contributed by atoms with Gasteiger partial charge in [-0.3, -0.25) is 0 Å². The van der Waals surface area contributed by atoms with Crippen LogP contribution in [-0.4, -0.2) is 28.8 Å². The number of nitriles is 1. The Morgan fingerprint density at radius 2 is 2.24 bits per heavy atom. The fourth-order valence-corrected chi connectivity index (χ4v) is 2.16. The Morgan fingerprint density at radius 3 is 2.88 bits per heavy atom. The van der Waals surface area contributed by atoms with Gasteiger partial charge in [-0.2, -0.15) is 5.26 Å². The summed E-state index contributed by atoms with van der Waals surface area (Å²) in [6, 6.07) is 5.67. The Labute approximate surface area is 102 Å². The van der Waals surface area contributed by atoms with E-state index in [0.29, 0.717) is 5.69 Å². The molecule has 0 amide bonds. The van der Waals surface area contributed by atoms with Gasteiger partial charge in [-0.15, -0.1) is 0 Å². The number of pyridine rings is 1. The highest BCUT2D eigenvalue weighted by Crippen LogP contribution is 2.24. The van der Waals surface area contributed by atoms with Crippen molar-refractivity contribution in [3.05, 3.63) is 24.0 Å². The molecule has 1 aliphatic heterocycles. The normalized spacial score (nSPS) is 25.1. The van der Waals surface area contributed by atoms with E-state index in [1.165, 1.54) is 0 Å². The third kappa shape index (κ3) is 2.95. The average molecular weight is 231 g/mol. The lowest BCUT2D eigenvalue weighted by atomic mass is 9.98. The zero-order chi connectivity index (χ0) is 12.3. The SMILES string of the molecule is CC1(O)CCCN(c2ccc(C#N)nc2)CC1. The lowest BCUT2D eigenvalue weighted by Gasteiger charge is -2.23. The minimum atomic E-state index is -0.547. The van der Waals surface area contributed by atoms with Crippen molar-refractivity contribution in [2.45, 2.75) is 31.8 Å². The first-order valence-corrected chi connectivity index (χ1v) is 5.94. The third-order valence-corrected chi connectivity index (χ3v) is 3.29. The molecule has 0 aliphatic carbocycles. The molecule has 1 aliphatic rings. The molecule has 1 N–H and O–H groups in total. The van der Waals surface area contributed by atoms with E-state index in [-0.39, 0.29) is 0 Å². The van der Waals surface area contributed by atoms with Crippen molar-refractivity contribution in [2.24, 2.45) is 0 Å². The molecule has 90 valence electrons. The number of hydrogen-bond donors (Lipinski definition) is 1. The van der Waals surface area contributed by atoms with Crippen molar-refractivity contribution in [2.75, 3.05) is 18.0 Å². The molecular weight excluding hydrogens is 214 g/mol. The summed E-state index contributed by atoms with van der Waals surface area (Å²) in [6.07, 6.45) is 4.33. The smallest absolute Gasteiger partial charge is 0.140 e. The second kappa shape index (κ2) is 4.72. The van der Waals surface area contributed by atoms with Gasteiger partial charge in [0, 0.05) is 13.1 Å². The maximum Gasteiger partial charge on any atom is 0.140 e. The van der Waals surface area contributed by atoms with Gasteiger partial charge in [0.05, 0.1) is 17.5 Å². The summed E-state index contributed by atoms with van der Waals surface area (Å²) in [5.74, 6) is 0. The molecule has 17 heavy (non-hydrogen) atoms. The molecule has 0 bridgehead atoms. The summed E-state index contributed by atoms with van der Waals surface area (Å²) < 4.78 is 0. The van der Waals surface area contributed by atoms with Gasteiger partial charge in [-0.25, -0.2) is 4.98 Å². The van der Waals surface area contributed by atoms with Gasteiger partial charge in [0.2, 0.25) is 0 Å². The predicted octanol–water partition coefficient (Wildman–Crippen LogP) is 1.69. The van der Waals surface area contributed by atoms with Crippen molar-refractivity contribution in [3.8, 4) is 6.07 Å². The van der Waals surface area contributed by atoms with Crippen LogP contribution in [0.2, 0.25) is 0 Å². The summed E-state index contributed by atoms with van der Waals surface area (Å²) in [7, 11) is 0. The zero-order valence-electron chi connectivity index (χ0n) is 10.1. The molecule has 4 heteroatoms. The van der Waals surface area contributed by atoms with Crippen LogP contribution in [0.3, 0.4) is 0 Å². The lowest BCUT2D eigenvalue weighted by Crippen LogP contribution is -2.28. The van der Waals surface area contributed by atoms with Gasteiger partial charge < -0.3 is 10.0 Å². The Kier molecular flexibility index (Phi) is 3.30. The van der Waals surface area contributed by atoms with E-state index in [2.05, 4.69) is 9.88 Å². The van der Waals surface area contributed by atoms with Crippen molar-refractivity contribution in [1.29, 1.82) is 5.26 Å². The summed E-state index contributed by atoms with van der Waals surface area (Å²) in [5.41, 5.74) is 0.923. The largest absolute Gasteiger partial charge is 0.390 e. The third-order valence-electron chi connectivity index (χ3n) is 3.29. The maximum absolute atomic E-state index is 10.0. The first-order valence-electron chi connectivity index (χ1n) is 5.94. The standard InChI is InChI=1S/C13H17N3O/c1-13(17)5-2-7-16(8-6-13)12-4-3-11(9-14)15-10-12/h3-4,10,17H,2,5-8H2,1H3. The second-order valence-electron chi connectivity index (χ2n) is 4.85. The lowest BCUT2D eigenvalue weighted by molar-refractivity contribution is 0.0481. The van der Waals surface area contributed by atoms with E-state index in [0.717, 1.165) is 38.0 Å². The molecule has 0 radical (unpaired) electrons. The molecular formula is C13H17N3O. The van der Waals surface area contributed by atoms with E-state index in [9.17, 15) is 5.11 Å². The molecule has 2 heterocycles. The van der Waals surface area contributed by atoms with Crippen molar-refractivity contribution < 1.29 is 5.11 Å². The number of aromatic nitrogens is 1. The van der Waals surface area contributed by atoms with E-state index in [1.807, 2.05) is 19.1 Å². The Hall–Kier alpha value is -1.60. The van der Waals surface area contributed by atoms with Crippen LogP contribution in [-0.2, 0) is 0 Å². The predicted molar refractivity (Wildman–Crippen MR) is 65.6 cm³/mol.